The van der Waals surface area contributed by atoms with E-state index in [1.807, 2.05) is 25.1 Å². The third kappa shape index (κ3) is 4.48. The molecule has 0 aromatic heterocycles. The number of nitrogens with one attached hydrogen (secondary N) is 1. The summed E-state index contributed by atoms with van der Waals surface area (Å²) in [7, 11) is 0. The number of ether oxygens (including phenoxy) is 2. The Balaban J connectivity index is 1.86. The van der Waals surface area contributed by atoms with Crippen LogP contribution >= 0.6 is 0 Å². The van der Waals surface area contributed by atoms with Gasteiger partial charge in [0.05, 0.1) is 19.6 Å². The van der Waals surface area contributed by atoms with E-state index in [1.165, 1.54) is 0 Å². The van der Waals surface area contributed by atoms with Crippen molar-refractivity contribution in [1.29, 1.82) is 0 Å². The SMILES string of the molecule is CCOC(=O)CC(C)COc1ccc2c(c1)CCC(=O)N2. The Morgan fingerprint density at radius 2 is 2.19 bits per heavy atom. The van der Waals surface area contributed by atoms with Crippen LogP contribution in [0.2, 0.25) is 0 Å². The van der Waals surface area contributed by atoms with Gasteiger partial charge in [-0.25, -0.2) is 0 Å². The Morgan fingerprint density at radius 1 is 1.38 bits per heavy atom. The number of anilines is 1. The molecule has 0 bridgehead atoms. The highest BCUT2D eigenvalue weighted by atomic mass is 16.5. The zero-order valence-electron chi connectivity index (χ0n) is 12.5. The van der Waals surface area contributed by atoms with Crippen molar-refractivity contribution in [3.05, 3.63) is 23.8 Å². The Kier molecular flexibility index (Phi) is 5.20. The number of carbonyl (C=O) groups is 2. The van der Waals surface area contributed by atoms with Gasteiger partial charge in [0.2, 0.25) is 5.91 Å². The second-order valence-electron chi connectivity index (χ2n) is 5.29. The van der Waals surface area contributed by atoms with Crippen molar-refractivity contribution >= 4 is 17.6 Å². The number of hydrogen-bond donors (Lipinski definition) is 1. The van der Waals surface area contributed by atoms with E-state index in [2.05, 4.69) is 5.32 Å². The maximum atomic E-state index is 11.4. The highest BCUT2D eigenvalue weighted by molar-refractivity contribution is 5.93. The van der Waals surface area contributed by atoms with Gasteiger partial charge >= 0.3 is 5.97 Å². The Morgan fingerprint density at radius 3 is 2.95 bits per heavy atom. The molecule has 1 aromatic rings. The minimum absolute atomic E-state index is 0.0548. The molecule has 0 radical (unpaired) electrons. The molecule has 1 aliphatic rings. The third-order valence-electron chi connectivity index (χ3n) is 3.33. The first-order chi connectivity index (χ1) is 10.1. The Hall–Kier alpha value is -2.04. The number of amides is 1. The van der Waals surface area contributed by atoms with Gasteiger partial charge in [-0.2, -0.15) is 0 Å². The van der Waals surface area contributed by atoms with Gasteiger partial charge in [0.25, 0.3) is 0 Å². The van der Waals surface area contributed by atoms with Gasteiger partial charge in [-0.1, -0.05) is 6.92 Å². The van der Waals surface area contributed by atoms with Crippen molar-refractivity contribution in [3.8, 4) is 5.75 Å². The van der Waals surface area contributed by atoms with Gasteiger partial charge in [0, 0.05) is 18.0 Å². The second kappa shape index (κ2) is 7.11. The molecule has 0 spiro atoms. The fraction of sp³-hybridized carbons (Fsp3) is 0.500. The molecule has 1 aliphatic heterocycles. The van der Waals surface area contributed by atoms with Gasteiger partial charge < -0.3 is 14.8 Å². The first kappa shape index (κ1) is 15.4. The van der Waals surface area contributed by atoms with E-state index in [0.717, 1.165) is 23.4 Å². The third-order valence-corrected chi connectivity index (χ3v) is 3.33. The van der Waals surface area contributed by atoms with Gasteiger partial charge in [0.15, 0.2) is 0 Å². The van der Waals surface area contributed by atoms with Crippen LogP contribution in [0.5, 0.6) is 5.75 Å². The van der Waals surface area contributed by atoms with Gasteiger partial charge in [-0.05, 0) is 37.1 Å². The average molecular weight is 291 g/mol. The molecular weight excluding hydrogens is 270 g/mol. The second-order valence-corrected chi connectivity index (χ2v) is 5.29. The van der Waals surface area contributed by atoms with Crippen molar-refractivity contribution in [2.75, 3.05) is 18.5 Å². The summed E-state index contributed by atoms with van der Waals surface area (Å²) in [6, 6.07) is 5.64. The van der Waals surface area contributed by atoms with Crippen molar-refractivity contribution in [3.63, 3.8) is 0 Å². The maximum Gasteiger partial charge on any atom is 0.306 e. The fourth-order valence-electron chi connectivity index (χ4n) is 2.25. The van der Waals surface area contributed by atoms with Crippen molar-refractivity contribution in [2.24, 2.45) is 5.92 Å². The first-order valence-corrected chi connectivity index (χ1v) is 7.29. The molecule has 1 atom stereocenters. The molecule has 5 heteroatoms. The summed E-state index contributed by atoms with van der Waals surface area (Å²) in [4.78, 5) is 22.7. The monoisotopic (exact) mass is 291 g/mol. The first-order valence-electron chi connectivity index (χ1n) is 7.29. The normalized spacial score (nSPS) is 14.9. The van der Waals surface area contributed by atoms with Crippen LogP contribution in [0.15, 0.2) is 18.2 Å². The quantitative estimate of drug-likeness (QED) is 0.818. The number of carbonyl (C=O) groups excluding carboxylic acids is 2. The standard InChI is InChI=1S/C16H21NO4/c1-3-20-16(19)8-11(2)10-21-13-5-6-14-12(9-13)4-7-15(18)17-14/h5-6,9,11H,3-4,7-8,10H2,1-2H3,(H,17,18). The van der Waals surface area contributed by atoms with E-state index < -0.39 is 0 Å². The van der Waals surface area contributed by atoms with Crippen molar-refractivity contribution < 1.29 is 19.1 Å². The highest BCUT2D eigenvalue weighted by Crippen LogP contribution is 2.27. The lowest BCUT2D eigenvalue weighted by Gasteiger charge is -2.18. The Bertz CT molecular complexity index is 527. The predicted octanol–water partition coefficient (Wildman–Crippen LogP) is 2.54. The number of hydrogen-bond acceptors (Lipinski definition) is 4. The average Bonchev–Trinajstić information content (AvgIpc) is 2.45. The maximum absolute atomic E-state index is 11.4. The summed E-state index contributed by atoms with van der Waals surface area (Å²) in [5.74, 6) is 0.723. The molecule has 1 heterocycles. The molecule has 1 unspecified atom stereocenters. The Labute approximate surface area is 124 Å². The van der Waals surface area contributed by atoms with Crippen LogP contribution in [0.25, 0.3) is 0 Å². The van der Waals surface area contributed by atoms with Crippen molar-refractivity contribution in [1.82, 2.24) is 0 Å². The largest absolute Gasteiger partial charge is 0.493 e. The molecule has 2 rings (SSSR count). The highest BCUT2D eigenvalue weighted by Gasteiger charge is 2.16. The smallest absolute Gasteiger partial charge is 0.306 e. The summed E-state index contributed by atoms with van der Waals surface area (Å²) < 4.78 is 10.6. The number of rotatable bonds is 6. The van der Waals surface area contributed by atoms with E-state index in [1.54, 1.807) is 6.92 Å². The van der Waals surface area contributed by atoms with E-state index >= 15 is 0 Å². The molecule has 1 aromatic carbocycles. The zero-order chi connectivity index (χ0) is 15.2. The van der Waals surface area contributed by atoms with Crippen LogP contribution in [0.4, 0.5) is 5.69 Å². The van der Waals surface area contributed by atoms with Crippen LogP contribution in [0.1, 0.15) is 32.3 Å². The fourth-order valence-corrected chi connectivity index (χ4v) is 2.25. The van der Waals surface area contributed by atoms with E-state index in [-0.39, 0.29) is 17.8 Å². The van der Waals surface area contributed by atoms with E-state index in [0.29, 0.717) is 26.1 Å². The molecule has 5 nitrogen and oxygen atoms in total. The van der Waals surface area contributed by atoms with Crippen LogP contribution < -0.4 is 10.1 Å². The van der Waals surface area contributed by atoms with Crippen LogP contribution in [0.3, 0.4) is 0 Å². The number of fused-ring (bicyclic) bond motifs is 1. The molecule has 0 aliphatic carbocycles. The molecular formula is C16H21NO4. The lowest BCUT2D eigenvalue weighted by atomic mass is 10.0. The van der Waals surface area contributed by atoms with Gasteiger partial charge in [-0.15, -0.1) is 0 Å². The zero-order valence-corrected chi connectivity index (χ0v) is 12.5. The van der Waals surface area contributed by atoms with Crippen LogP contribution in [0, 0.1) is 5.92 Å². The van der Waals surface area contributed by atoms with E-state index in [4.69, 9.17) is 9.47 Å². The summed E-state index contributed by atoms with van der Waals surface area (Å²) in [5.41, 5.74) is 1.95. The topological polar surface area (TPSA) is 64.6 Å². The number of aryl methyl sites for hydroxylation is 1. The summed E-state index contributed by atoms with van der Waals surface area (Å²) in [6.07, 6.45) is 1.60. The minimum Gasteiger partial charge on any atom is -0.493 e. The summed E-state index contributed by atoms with van der Waals surface area (Å²) in [5, 5.41) is 2.84. The van der Waals surface area contributed by atoms with Crippen molar-refractivity contribution in [2.45, 2.75) is 33.1 Å². The molecule has 1 amide bonds. The molecule has 0 saturated heterocycles. The lowest BCUT2D eigenvalue weighted by Crippen LogP contribution is -2.19. The lowest BCUT2D eigenvalue weighted by molar-refractivity contribution is -0.144. The van der Waals surface area contributed by atoms with Crippen LogP contribution in [-0.4, -0.2) is 25.1 Å². The minimum atomic E-state index is -0.193. The summed E-state index contributed by atoms with van der Waals surface area (Å²) >= 11 is 0. The van der Waals surface area contributed by atoms with Crippen LogP contribution in [-0.2, 0) is 20.7 Å². The molecule has 0 fully saturated rings. The number of esters is 1. The predicted molar refractivity (Wildman–Crippen MR) is 79.3 cm³/mol. The van der Waals surface area contributed by atoms with Gasteiger partial charge in [-0.3, -0.25) is 9.59 Å². The molecule has 21 heavy (non-hydrogen) atoms. The molecule has 114 valence electrons. The molecule has 1 N–H and O–H groups in total. The molecule has 0 saturated carbocycles. The number of benzene rings is 1. The van der Waals surface area contributed by atoms with E-state index in [9.17, 15) is 9.59 Å². The summed E-state index contributed by atoms with van der Waals surface area (Å²) in [6.45, 7) is 4.62. The van der Waals surface area contributed by atoms with Gasteiger partial charge in [0.1, 0.15) is 5.75 Å².